The van der Waals surface area contributed by atoms with Crippen molar-refractivity contribution in [3.05, 3.63) is 24.0 Å². The second-order valence-electron chi connectivity index (χ2n) is 6.76. The molecule has 1 saturated carbocycles. The van der Waals surface area contributed by atoms with E-state index in [1.54, 1.807) is 0 Å². The Labute approximate surface area is 122 Å². The van der Waals surface area contributed by atoms with Crippen LogP contribution in [0.25, 0.3) is 0 Å². The van der Waals surface area contributed by atoms with E-state index in [1.807, 2.05) is 19.3 Å². The summed E-state index contributed by atoms with van der Waals surface area (Å²) < 4.78 is 2.06. The third-order valence-corrected chi connectivity index (χ3v) is 4.85. The van der Waals surface area contributed by atoms with Gasteiger partial charge in [0.05, 0.1) is 6.54 Å². The van der Waals surface area contributed by atoms with E-state index in [0.29, 0.717) is 24.3 Å². The van der Waals surface area contributed by atoms with Gasteiger partial charge in [0.1, 0.15) is 0 Å². The summed E-state index contributed by atoms with van der Waals surface area (Å²) >= 11 is 0. The Morgan fingerprint density at radius 1 is 1.45 bits per heavy atom. The van der Waals surface area contributed by atoms with Crippen LogP contribution in [0.1, 0.15) is 45.7 Å². The molecular formula is C17H28N2O. The van der Waals surface area contributed by atoms with Crippen molar-refractivity contribution >= 4 is 5.91 Å². The van der Waals surface area contributed by atoms with E-state index in [2.05, 4.69) is 36.7 Å². The Morgan fingerprint density at radius 3 is 2.80 bits per heavy atom. The summed E-state index contributed by atoms with van der Waals surface area (Å²) in [6.45, 7) is 7.41. The summed E-state index contributed by atoms with van der Waals surface area (Å²) in [7, 11) is 2.01. The number of aryl methyl sites for hydroxylation is 1. The van der Waals surface area contributed by atoms with Gasteiger partial charge in [0.2, 0.25) is 5.91 Å². The van der Waals surface area contributed by atoms with Crippen molar-refractivity contribution in [3.8, 4) is 0 Å². The minimum absolute atomic E-state index is 0.194. The number of amides is 1. The SMILES string of the molecule is CC1CCC(C(C)C)C(C(=O)NCc2cccn2C)C1. The Morgan fingerprint density at radius 2 is 2.20 bits per heavy atom. The highest BCUT2D eigenvalue weighted by atomic mass is 16.1. The van der Waals surface area contributed by atoms with E-state index in [1.165, 1.54) is 12.8 Å². The quantitative estimate of drug-likeness (QED) is 0.899. The molecule has 2 rings (SSSR count). The molecule has 3 nitrogen and oxygen atoms in total. The molecule has 3 heteroatoms. The van der Waals surface area contributed by atoms with Crippen LogP contribution in [0.4, 0.5) is 0 Å². The Hall–Kier alpha value is -1.25. The van der Waals surface area contributed by atoms with Crippen molar-refractivity contribution in [2.75, 3.05) is 0 Å². The van der Waals surface area contributed by atoms with Gasteiger partial charge in [-0.3, -0.25) is 4.79 Å². The molecule has 1 N–H and O–H groups in total. The molecule has 1 aromatic rings. The lowest BCUT2D eigenvalue weighted by Crippen LogP contribution is -2.40. The van der Waals surface area contributed by atoms with E-state index < -0.39 is 0 Å². The predicted octanol–water partition coefficient (Wildman–Crippen LogP) is 3.35. The Balaban J connectivity index is 1.97. The Kier molecular flexibility index (Phi) is 4.90. The molecule has 0 bridgehead atoms. The fourth-order valence-electron chi connectivity index (χ4n) is 3.49. The van der Waals surface area contributed by atoms with E-state index in [9.17, 15) is 4.79 Å². The molecular weight excluding hydrogens is 248 g/mol. The fourth-order valence-corrected chi connectivity index (χ4v) is 3.49. The van der Waals surface area contributed by atoms with Crippen molar-refractivity contribution in [3.63, 3.8) is 0 Å². The van der Waals surface area contributed by atoms with Gasteiger partial charge in [0.25, 0.3) is 0 Å². The number of nitrogens with one attached hydrogen (secondary N) is 1. The van der Waals surface area contributed by atoms with E-state index in [0.717, 1.165) is 12.1 Å². The average molecular weight is 276 g/mol. The molecule has 1 aliphatic rings. The van der Waals surface area contributed by atoms with Gasteiger partial charge < -0.3 is 9.88 Å². The van der Waals surface area contributed by atoms with Crippen LogP contribution >= 0.6 is 0 Å². The summed E-state index contributed by atoms with van der Waals surface area (Å²) in [6, 6.07) is 4.07. The molecule has 0 saturated heterocycles. The van der Waals surface area contributed by atoms with Gasteiger partial charge in [-0.2, -0.15) is 0 Å². The molecule has 1 fully saturated rings. The van der Waals surface area contributed by atoms with Crippen LogP contribution in [0.5, 0.6) is 0 Å². The largest absolute Gasteiger partial charge is 0.353 e. The van der Waals surface area contributed by atoms with Crippen molar-refractivity contribution in [1.82, 2.24) is 9.88 Å². The van der Waals surface area contributed by atoms with Gasteiger partial charge in [0.15, 0.2) is 0 Å². The maximum atomic E-state index is 12.5. The maximum absolute atomic E-state index is 12.5. The molecule has 112 valence electrons. The predicted molar refractivity (Wildman–Crippen MR) is 82.1 cm³/mol. The molecule has 1 aromatic heterocycles. The standard InChI is InChI=1S/C17H28N2O/c1-12(2)15-8-7-13(3)10-16(15)17(20)18-11-14-6-5-9-19(14)4/h5-6,9,12-13,15-16H,7-8,10-11H2,1-4H3,(H,18,20). The zero-order valence-electron chi connectivity index (χ0n) is 13.2. The minimum atomic E-state index is 0.194. The number of carbonyl (C=O) groups is 1. The van der Waals surface area contributed by atoms with E-state index in [4.69, 9.17) is 0 Å². The first-order valence-corrected chi connectivity index (χ1v) is 7.87. The lowest BCUT2D eigenvalue weighted by atomic mass is 9.70. The van der Waals surface area contributed by atoms with Gasteiger partial charge in [-0.15, -0.1) is 0 Å². The molecule has 1 aliphatic carbocycles. The first kappa shape index (κ1) is 15.1. The second kappa shape index (κ2) is 6.47. The zero-order valence-corrected chi connectivity index (χ0v) is 13.2. The van der Waals surface area contributed by atoms with Gasteiger partial charge in [-0.25, -0.2) is 0 Å². The smallest absolute Gasteiger partial charge is 0.223 e. The first-order chi connectivity index (χ1) is 9.49. The van der Waals surface area contributed by atoms with Crippen molar-refractivity contribution < 1.29 is 4.79 Å². The fraction of sp³-hybridized carbons (Fsp3) is 0.706. The number of carbonyl (C=O) groups excluding carboxylic acids is 1. The number of nitrogens with zero attached hydrogens (tertiary/aromatic N) is 1. The molecule has 0 aromatic carbocycles. The number of hydrogen-bond donors (Lipinski definition) is 1. The third-order valence-electron chi connectivity index (χ3n) is 4.85. The van der Waals surface area contributed by atoms with Crippen LogP contribution in [0.15, 0.2) is 18.3 Å². The topological polar surface area (TPSA) is 34.0 Å². The molecule has 0 spiro atoms. The van der Waals surface area contributed by atoms with Crippen molar-refractivity contribution in [2.45, 2.75) is 46.6 Å². The van der Waals surface area contributed by atoms with Gasteiger partial charge in [-0.1, -0.05) is 27.2 Å². The highest BCUT2D eigenvalue weighted by Crippen LogP contribution is 2.38. The normalized spacial score (nSPS) is 26.8. The maximum Gasteiger partial charge on any atom is 0.223 e. The van der Waals surface area contributed by atoms with E-state index >= 15 is 0 Å². The zero-order chi connectivity index (χ0) is 14.7. The number of aromatic nitrogens is 1. The summed E-state index contributed by atoms with van der Waals surface area (Å²) in [6.07, 6.45) is 5.52. The molecule has 3 unspecified atom stereocenters. The lowest BCUT2D eigenvalue weighted by molar-refractivity contribution is -0.129. The van der Waals surface area contributed by atoms with Crippen LogP contribution in [0.3, 0.4) is 0 Å². The molecule has 0 aliphatic heterocycles. The summed E-state index contributed by atoms with van der Waals surface area (Å²) in [5.41, 5.74) is 1.16. The third kappa shape index (κ3) is 3.44. The molecule has 3 atom stereocenters. The molecule has 1 heterocycles. The first-order valence-electron chi connectivity index (χ1n) is 7.87. The summed E-state index contributed by atoms with van der Waals surface area (Å²) in [5, 5.41) is 3.14. The second-order valence-corrected chi connectivity index (χ2v) is 6.76. The molecule has 20 heavy (non-hydrogen) atoms. The van der Waals surface area contributed by atoms with Crippen LogP contribution in [-0.4, -0.2) is 10.5 Å². The van der Waals surface area contributed by atoms with Gasteiger partial charge >= 0.3 is 0 Å². The van der Waals surface area contributed by atoms with Crippen LogP contribution in [0.2, 0.25) is 0 Å². The van der Waals surface area contributed by atoms with Gasteiger partial charge in [-0.05, 0) is 42.7 Å². The highest BCUT2D eigenvalue weighted by molar-refractivity contribution is 5.79. The minimum Gasteiger partial charge on any atom is -0.353 e. The number of hydrogen-bond acceptors (Lipinski definition) is 1. The van der Waals surface area contributed by atoms with E-state index in [-0.39, 0.29) is 11.8 Å². The molecule has 0 radical (unpaired) electrons. The van der Waals surface area contributed by atoms with Crippen LogP contribution in [0, 0.1) is 23.7 Å². The monoisotopic (exact) mass is 276 g/mol. The van der Waals surface area contributed by atoms with Crippen LogP contribution in [-0.2, 0) is 18.4 Å². The summed E-state index contributed by atoms with van der Waals surface area (Å²) in [4.78, 5) is 12.5. The summed E-state index contributed by atoms with van der Waals surface area (Å²) in [5.74, 6) is 2.25. The van der Waals surface area contributed by atoms with Crippen molar-refractivity contribution in [2.24, 2.45) is 30.7 Å². The number of rotatable bonds is 4. The van der Waals surface area contributed by atoms with Crippen LogP contribution < -0.4 is 5.32 Å². The van der Waals surface area contributed by atoms with Crippen molar-refractivity contribution in [1.29, 1.82) is 0 Å². The average Bonchev–Trinajstić information content (AvgIpc) is 2.81. The lowest BCUT2D eigenvalue weighted by Gasteiger charge is -2.36. The molecule has 1 amide bonds. The Bertz CT molecular complexity index is 450. The highest BCUT2D eigenvalue weighted by Gasteiger charge is 2.35. The van der Waals surface area contributed by atoms with Gasteiger partial charge in [0, 0.05) is 24.9 Å².